The summed E-state index contributed by atoms with van der Waals surface area (Å²) in [5, 5.41) is 23.8. The summed E-state index contributed by atoms with van der Waals surface area (Å²) in [5.74, 6) is -1.49. The molecule has 106 valence electrons. The van der Waals surface area contributed by atoms with Crippen LogP contribution >= 0.6 is 0 Å². The third-order valence-electron chi connectivity index (χ3n) is 2.63. The molecular formula is C13H11N5O3. The third-order valence-corrected chi connectivity index (χ3v) is 2.63. The molecule has 0 fully saturated rings. The Bertz CT molecular complexity index is 745. The Labute approximate surface area is 119 Å². The highest BCUT2D eigenvalue weighted by Crippen LogP contribution is 2.09. The predicted octanol–water partition coefficient (Wildman–Crippen LogP) is 0.795. The molecule has 0 aliphatic heterocycles. The SMILES string of the molecule is Cc1nc(C(=O)Nc2cnn(CC(=O)O)c2)ccc1C#N. The molecule has 2 aromatic rings. The van der Waals surface area contributed by atoms with Crippen molar-refractivity contribution in [2.24, 2.45) is 0 Å². The summed E-state index contributed by atoms with van der Waals surface area (Å²) in [5.41, 5.74) is 1.40. The summed E-state index contributed by atoms with van der Waals surface area (Å²) < 4.78 is 1.19. The molecule has 0 saturated heterocycles. The number of nitrogens with one attached hydrogen (secondary N) is 1. The minimum atomic E-state index is -1.03. The van der Waals surface area contributed by atoms with Gasteiger partial charge in [0.05, 0.1) is 23.1 Å². The van der Waals surface area contributed by atoms with Crippen LogP contribution in [0.2, 0.25) is 0 Å². The van der Waals surface area contributed by atoms with Crippen LogP contribution in [0.25, 0.3) is 0 Å². The molecule has 0 saturated carbocycles. The van der Waals surface area contributed by atoms with Gasteiger partial charge in [-0.15, -0.1) is 0 Å². The molecule has 8 nitrogen and oxygen atoms in total. The fourth-order valence-corrected chi connectivity index (χ4v) is 1.65. The maximum Gasteiger partial charge on any atom is 0.325 e. The van der Waals surface area contributed by atoms with Gasteiger partial charge in [0.2, 0.25) is 0 Å². The van der Waals surface area contributed by atoms with Gasteiger partial charge in [-0.2, -0.15) is 10.4 Å². The van der Waals surface area contributed by atoms with Gasteiger partial charge in [-0.3, -0.25) is 14.3 Å². The second kappa shape index (κ2) is 5.83. The van der Waals surface area contributed by atoms with Gasteiger partial charge in [-0.25, -0.2) is 4.98 Å². The number of hydrogen-bond donors (Lipinski definition) is 2. The number of amides is 1. The van der Waals surface area contributed by atoms with Crippen molar-refractivity contribution in [1.29, 1.82) is 5.26 Å². The maximum absolute atomic E-state index is 12.0. The van der Waals surface area contributed by atoms with Crippen molar-refractivity contribution >= 4 is 17.6 Å². The van der Waals surface area contributed by atoms with E-state index < -0.39 is 11.9 Å². The summed E-state index contributed by atoms with van der Waals surface area (Å²) in [7, 11) is 0. The van der Waals surface area contributed by atoms with Gasteiger partial charge in [0.1, 0.15) is 18.3 Å². The molecule has 0 atom stereocenters. The lowest BCUT2D eigenvalue weighted by Crippen LogP contribution is -2.14. The molecule has 0 aromatic carbocycles. The topological polar surface area (TPSA) is 121 Å². The molecule has 0 spiro atoms. The van der Waals surface area contributed by atoms with Crippen molar-refractivity contribution in [2.45, 2.75) is 13.5 Å². The number of aliphatic carboxylic acids is 1. The summed E-state index contributed by atoms with van der Waals surface area (Å²) in [4.78, 5) is 26.6. The molecule has 21 heavy (non-hydrogen) atoms. The first-order chi connectivity index (χ1) is 9.99. The van der Waals surface area contributed by atoms with Crippen LogP contribution in [-0.2, 0) is 11.3 Å². The van der Waals surface area contributed by atoms with Crippen molar-refractivity contribution < 1.29 is 14.7 Å². The van der Waals surface area contributed by atoms with Crippen molar-refractivity contribution in [1.82, 2.24) is 14.8 Å². The lowest BCUT2D eigenvalue weighted by molar-refractivity contribution is -0.137. The van der Waals surface area contributed by atoms with Crippen LogP contribution < -0.4 is 5.32 Å². The van der Waals surface area contributed by atoms with Crippen molar-refractivity contribution in [2.75, 3.05) is 5.32 Å². The van der Waals surface area contributed by atoms with Gasteiger partial charge in [-0.1, -0.05) is 0 Å². The summed E-state index contributed by atoms with van der Waals surface area (Å²) >= 11 is 0. The van der Waals surface area contributed by atoms with Crippen LogP contribution in [0.3, 0.4) is 0 Å². The molecule has 0 aliphatic rings. The lowest BCUT2D eigenvalue weighted by atomic mass is 10.2. The number of carbonyl (C=O) groups excluding carboxylic acids is 1. The molecular weight excluding hydrogens is 274 g/mol. The number of anilines is 1. The van der Waals surface area contributed by atoms with E-state index in [2.05, 4.69) is 15.4 Å². The largest absolute Gasteiger partial charge is 0.480 e. The van der Waals surface area contributed by atoms with Crippen molar-refractivity contribution in [3.8, 4) is 6.07 Å². The highest BCUT2D eigenvalue weighted by molar-refractivity contribution is 6.02. The maximum atomic E-state index is 12.0. The third kappa shape index (κ3) is 3.42. The van der Waals surface area contributed by atoms with Gasteiger partial charge < -0.3 is 10.4 Å². The Hall–Kier alpha value is -3.21. The van der Waals surface area contributed by atoms with Crippen LogP contribution in [0.4, 0.5) is 5.69 Å². The monoisotopic (exact) mass is 285 g/mol. The molecule has 2 rings (SSSR count). The molecule has 8 heteroatoms. The molecule has 0 bridgehead atoms. The van der Waals surface area contributed by atoms with Crippen LogP contribution in [-0.4, -0.2) is 31.7 Å². The van der Waals surface area contributed by atoms with Gasteiger partial charge in [0, 0.05) is 6.20 Å². The van der Waals surface area contributed by atoms with Crippen LogP contribution in [0.15, 0.2) is 24.5 Å². The van der Waals surface area contributed by atoms with Gasteiger partial charge in [0.25, 0.3) is 5.91 Å². The van der Waals surface area contributed by atoms with E-state index in [1.807, 2.05) is 6.07 Å². The van der Waals surface area contributed by atoms with E-state index >= 15 is 0 Å². The van der Waals surface area contributed by atoms with E-state index in [1.54, 1.807) is 6.92 Å². The van der Waals surface area contributed by atoms with E-state index in [1.165, 1.54) is 29.2 Å². The number of pyridine rings is 1. The fraction of sp³-hybridized carbons (Fsp3) is 0.154. The first-order valence-electron chi connectivity index (χ1n) is 5.93. The summed E-state index contributed by atoms with van der Waals surface area (Å²) in [6, 6.07) is 4.94. The standard InChI is InChI=1S/C13H11N5O3/c1-8-9(4-14)2-3-11(16-8)13(21)17-10-5-15-18(6-10)7-12(19)20/h2-3,5-6H,7H2,1H3,(H,17,21)(H,19,20). The number of aryl methyl sites for hydroxylation is 1. The predicted molar refractivity (Wildman–Crippen MR) is 71.5 cm³/mol. The average molecular weight is 285 g/mol. The smallest absolute Gasteiger partial charge is 0.325 e. The Balaban J connectivity index is 2.11. The number of carbonyl (C=O) groups is 2. The van der Waals surface area contributed by atoms with Gasteiger partial charge in [0.15, 0.2) is 0 Å². The Morgan fingerprint density at radius 3 is 2.86 bits per heavy atom. The second-order valence-corrected chi connectivity index (χ2v) is 4.22. The van der Waals surface area contributed by atoms with E-state index in [4.69, 9.17) is 10.4 Å². The molecule has 2 N–H and O–H groups in total. The summed E-state index contributed by atoms with van der Waals surface area (Å²) in [6.07, 6.45) is 2.75. The van der Waals surface area contributed by atoms with E-state index in [-0.39, 0.29) is 12.2 Å². The zero-order valence-electron chi connectivity index (χ0n) is 11.1. The quantitative estimate of drug-likeness (QED) is 0.856. The zero-order valence-corrected chi connectivity index (χ0v) is 11.1. The Morgan fingerprint density at radius 2 is 2.24 bits per heavy atom. The van der Waals surface area contributed by atoms with Crippen LogP contribution in [0.1, 0.15) is 21.7 Å². The highest BCUT2D eigenvalue weighted by Gasteiger charge is 2.11. The van der Waals surface area contributed by atoms with Gasteiger partial charge in [-0.05, 0) is 19.1 Å². The molecule has 0 unspecified atom stereocenters. The second-order valence-electron chi connectivity index (χ2n) is 4.22. The van der Waals surface area contributed by atoms with E-state index in [9.17, 15) is 9.59 Å². The minimum absolute atomic E-state index is 0.164. The molecule has 1 amide bonds. The first kappa shape index (κ1) is 14.2. The lowest BCUT2D eigenvalue weighted by Gasteiger charge is -2.03. The number of aromatic nitrogens is 3. The van der Waals surface area contributed by atoms with Crippen molar-refractivity contribution in [3.05, 3.63) is 41.5 Å². The first-order valence-corrected chi connectivity index (χ1v) is 5.93. The normalized spacial score (nSPS) is 9.90. The number of rotatable bonds is 4. The van der Waals surface area contributed by atoms with E-state index in [0.29, 0.717) is 16.9 Å². The number of carboxylic acid groups (broad SMARTS) is 1. The molecule has 2 aromatic heterocycles. The molecule has 0 aliphatic carbocycles. The number of nitriles is 1. The number of carboxylic acids is 1. The zero-order chi connectivity index (χ0) is 15.4. The van der Waals surface area contributed by atoms with Crippen LogP contribution in [0, 0.1) is 18.3 Å². The molecule has 0 radical (unpaired) electrons. The Kier molecular flexibility index (Phi) is 3.95. The van der Waals surface area contributed by atoms with E-state index in [0.717, 1.165) is 0 Å². The van der Waals surface area contributed by atoms with Gasteiger partial charge >= 0.3 is 5.97 Å². The van der Waals surface area contributed by atoms with Crippen molar-refractivity contribution in [3.63, 3.8) is 0 Å². The minimum Gasteiger partial charge on any atom is -0.480 e. The van der Waals surface area contributed by atoms with Crippen LogP contribution in [0.5, 0.6) is 0 Å². The number of hydrogen-bond acceptors (Lipinski definition) is 5. The number of nitrogens with zero attached hydrogens (tertiary/aromatic N) is 4. The highest BCUT2D eigenvalue weighted by atomic mass is 16.4. The average Bonchev–Trinajstić information content (AvgIpc) is 2.84. The molecule has 2 heterocycles. The fourth-order valence-electron chi connectivity index (χ4n) is 1.65. The summed E-state index contributed by atoms with van der Waals surface area (Å²) in [6.45, 7) is 1.35. The Morgan fingerprint density at radius 1 is 1.48 bits per heavy atom.